The van der Waals surface area contributed by atoms with E-state index in [0.717, 1.165) is 5.56 Å². The van der Waals surface area contributed by atoms with Crippen molar-refractivity contribution in [2.45, 2.75) is 12.5 Å². The van der Waals surface area contributed by atoms with Crippen LogP contribution in [0.1, 0.15) is 17.4 Å². The van der Waals surface area contributed by atoms with Crippen molar-refractivity contribution >= 4 is 0 Å². The monoisotopic (exact) mass is 200 g/mol. The number of aliphatic hydroxyl groups excluding tert-OH is 1. The molecule has 0 bridgehead atoms. The molecule has 3 nitrogen and oxygen atoms in total. The van der Waals surface area contributed by atoms with Crippen molar-refractivity contribution in [1.82, 2.24) is 9.97 Å². The van der Waals surface area contributed by atoms with Gasteiger partial charge in [0.15, 0.2) is 0 Å². The number of nitrogens with zero attached hydrogens (tertiary/aromatic N) is 2. The van der Waals surface area contributed by atoms with Gasteiger partial charge in [-0.1, -0.05) is 6.07 Å². The SMILES string of the molecule is OC(Cc1ccncc1)c1ccccn1. The molecule has 0 aliphatic carbocycles. The summed E-state index contributed by atoms with van der Waals surface area (Å²) in [6.07, 6.45) is 5.15. The number of aliphatic hydroxyl groups is 1. The molecule has 15 heavy (non-hydrogen) atoms. The van der Waals surface area contributed by atoms with E-state index in [2.05, 4.69) is 9.97 Å². The lowest BCUT2D eigenvalue weighted by Gasteiger charge is -2.09. The zero-order valence-electron chi connectivity index (χ0n) is 8.24. The molecule has 0 saturated carbocycles. The molecule has 3 heteroatoms. The van der Waals surface area contributed by atoms with Crippen LogP contribution in [-0.2, 0) is 6.42 Å². The van der Waals surface area contributed by atoms with Gasteiger partial charge in [0, 0.05) is 25.0 Å². The molecule has 0 aromatic carbocycles. The maximum absolute atomic E-state index is 9.89. The predicted molar refractivity (Wildman–Crippen MR) is 57.1 cm³/mol. The molecule has 0 saturated heterocycles. The normalized spacial score (nSPS) is 12.3. The molecule has 2 heterocycles. The highest BCUT2D eigenvalue weighted by molar-refractivity contribution is 5.15. The number of hydrogen-bond acceptors (Lipinski definition) is 3. The van der Waals surface area contributed by atoms with Crippen LogP contribution >= 0.6 is 0 Å². The quantitative estimate of drug-likeness (QED) is 0.821. The lowest BCUT2D eigenvalue weighted by molar-refractivity contribution is 0.173. The van der Waals surface area contributed by atoms with Gasteiger partial charge in [0.1, 0.15) is 0 Å². The number of aromatic nitrogens is 2. The first-order valence-corrected chi connectivity index (χ1v) is 4.84. The van der Waals surface area contributed by atoms with Gasteiger partial charge in [-0.3, -0.25) is 9.97 Å². The van der Waals surface area contributed by atoms with E-state index in [9.17, 15) is 5.11 Å². The van der Waals surface area contributed by atoms with Crippen molar-refractivity contribution in [3.8, 4) is 0 Å². The Bertz CT molecular complexity index is 402. The molecule has 0 fully saturated rings. The van der Waals surface area contributed by atoms with Crippen LogP contribution in [0.15, 0.2) is 48.9 Å². The van der Waals surface area contributed by atoms with E-state index in [-0.39, 0.29) is 0 Å². The Morgan fingerprint density at radius 2 is 1.87 bits per heavy atom. The van der Waals surface area contributed by atoms with Crippen LogP contribution in [0, 0.1) is 0 Å². The van der Waals surface area contributed by atoms with Crippen LogP contribution in [0.3, 0.4) is 0 Å². The highest BCUT2D eigenvalue weighted by atomic mass is 16.3. The Morgan fingerprint density at radius 3 is 2.53 bits per heavy atom. The predicted octanol–water partition coefficient (Wildman–Crippen LogP) is 1.75. The first-order chi connectivity index (χ1) is 7.36. The fourth-order valence-corrected chi connectivity index (χ4v) is 1.42. The van der Waals surface area contributed by atoms with E-state index in [1.165, 1.54) is 0 Å². The molecule has 2 aromatic heterocycles. The van der Waals surface area contributed by atoms with Crippen LogP contribution in [0.2, 0.25) is 0 Å². The molecule has 1 atom stereocenters. The smallest absolute Gasteiger partial charge is 0.0999 e. The lowest BCUT2D eigenvalue weighted by Crippen LogP contribution is -2.03. The second-order valence-corrected chi connectivity index (χ2v) is 3.33. The Labute approximate surface area is 88.5 Å². The van der Waals surface area contributed by atoms with Gasteiger partial charge >= 0.3 is 0 Å². The van der Waals surface area contributed by atoms with Crippen LogP contribution in [0.4, 0.5) is 0 Å². The van der Waals surface area contributed by atoms with Gasteiger partial charge in [-0.15, -0.1) is 0 Å². The molecule has 2 aromatic rings. The average Bonchev–Trinajstić information content (AvgIpc) is 2.31. The summed E-state index contributed by atoms with van der Waals surface area (Å²) in [5, 5.41) is 9.89. The third kappa shape index (κ3) is 2.60. The highest BCUT2D eigenvalue weighted by Crippen LogP contribution is 2.14. The second-order valence-electron chi connectivity index (χ2n) is 3.33. The zero-order chi connectivity index (χ0) is 10.5. The van der Waals surface area contributed by atoms with Crippen LogP contribution in [-0.4, -0.2) is 15.1 Å². The van der Waals surface area contributed by atoms with Crippen LogP contribution in [0.25, 0.3) is 0 Å². The maximum Gasteiger partial charge on any atom is 0.0999 e. The molecule has 0 spiro atoms. The topological polar surface area (TPSA) is 46.0 Å². The summed E-state index contributed by atoms with van der Waals surface area (Å²) in [6, 6.07) is 9.32. The minimum atomic E-state index is -0.548. The molecule has 1 N–H and O–H groups in total. The van der Waals surface area contributed by atoms with Crippen LogP contribution < -0.4 is 0 Å². The van der Waals surface area contributed by atoms with E-state index in [1.54, 1.807) is 18.6 Å². The Kier molecular flexibility index (Phi) is 3.05. The van der Waals surface area contributed by atoms with Gasteiger partial charge in [0.25, 0.3) is 0 Å². The minimum absolute atomic E-state index is 0.548. The third-order valence-corrected chi connectivity index (χ3v) is 2.21. The molecule has 0 amide bonds. The van der Waals surface area contributed by atoms with Gasteiger partial charge in [-0.05, 0) is 29.8 Å². The minimum Gasteiger partial charge on any atom is -0.386 e. The summed E-state index contributed by atoms with van der Waals surface area (Å²) in [5.74, 6) is 0. The molecule has 0 aliphatic heterocycles. The number of rotatable bonds is 3. The molecule has 2 rings (SSSR count). The van der Waals surface area contributed by atoms with Gasteiger partial charge in [0.05, 0.1) is 11.8 Å². The van der Waals surface area contributed by atoms with Gasteiger partial charge < -0.3 is 5.11 Å². The van der Waals surface area contributed by atoms with Crippen molar-refractivity contribution in [1.29, 1.82) is 0 Å². The van der Waals surface area contributed by atoms with E-state index in [0.29, 0.717) is 12.1 Å². The zero-order valence-corrected chi connectivity index (χ0v) is 8.24. The summed E-state index contributed by atoms with van der Waals surface area (Å²) >= 11 is 0. The number of hydrogen-bond donors (Lipinski definition) is 1. The average molecular weight is 200 g/mol. The molecular weight excluding hydrogens is 188 g/mol. The largest absolute Gasteiger partial charge is 0.386 e. The van der Waals surface area contributed by atoms with Crippen LogP contribution in [0.5, 0.6) is 0 Å². The third-order valence-electron chi connectivity index (χ3n) is 2.21. The van der Waals surface area contributed by atoms with Crippen molar-refractivity contribution in [3.05, 3.63) is 60.2 Å². The van der Waals surface area contributed by atoms with Crippen molar-refractivity contribution in [2.75, 3.05) is 0 Å². The fourth-order valence-electron chi connectivity index (χ4n) is 1.42. The molecule has 0 aliphatic rings. The number of pyridine rings is 2. The van der Waals surface area contributed by atoms with Gasteiger partial charge in [-0.25, -0.2) is 0 Å². The van der Waals surface area contributed by atoms with E-state index >= 15 is 0 Å². The van der Waals surface area contributed by atoms with Gasteiger partial charge in [0.2, 0.25) is 0 Å². The summed E-state index contributed by atoms with van der Waals surface area (Å²) in [5.41, 5.74) is 1.76. The van der Waals surface area contributed by atoms with Gasteiger partial charge in [-0.2, -0.15) is 0 Å². The first-order valence-electron chi connectivity index (χ1n) is 4.84. The summed E-state index contributed by atoms with van der Waals surface area (Å²) in [4.78, 5) is 8.04. The van der Waals surface area contributed by atoms with E-state index in [4.69, 9.17) is 0 Å². The fraction of sp³-hybridized carbons (Fsp3) is 0.167. The van der Waals surface area contributed by atoms with E-state index < -0.39 is 6.10 Å². The Hall–Kier alpha value is -1.74. The summed E-state index contributed by atoms with van der Waals surface area (Å²) in [7, 11) is 0. The lowest BCUT2D eigenvalue weighted by atomic mass is 10.1. The summed E-state index contributed by atoms with van der Waals surface area (Å²) in [6.45, 7) is 0. The maximum atomic E-state index is 9.89. The van der Waals surface area contributed by atoms with Crippen molar-refractivity contribution in [3.63, 3.8) is 0 Å². The second kappa shape index (κ2) is 4.66. The molecule has 76 valence electrons. The first kappa shape index (κ1) is 9.80. The van der Waals surface area contributed by atoms with Crippen molar-refractivity contribution in [2.24, 2.45) is 0 Å². The van der Waals surface area contributed by atoms with E-state index in [1.807, 2.05) is 30.3 Å². The molecular formula is C12H12N2O. The molecule has 1 unspecified atom stereocenters. The highest BCUT2D eigenvalue weighted by Gasteiger charge is 2.08. The Morgan fingerprint density at radius 1 is 1.07 bits per heavy atom. The van der Waals surface area contributed by atoms with Crippen molar-refractivity contribution < 1.29 is 5.11 Å². The summed E-state index contributed by atoms with van der Waals surface area (Å²) < 4.78 is 0. The molecule has 0 radical (unpaired) electrons. The standard InChI is InChI=1S/C12H12N2O/c15-12(11-3-1-2-6-14-11)9-10-4-7-13-8-5-10/h1-8,12,15H,9H2. The Balaban J connectivity index is 2.08.